The summed E-state index contributed by atoms with van der Waals surface area (Å²) in [6.45, 7) is 4.35. The highest BCUT2D eigenvalue weighted by Gasteiger charge is 2.23. The molecule has 2 rings (SSSR count). The van der Waals surface area contributed by atoms with Crippen molar-refractivity contribution in [3.8, 4) is 0 Å². The van der Waals surface area contributed by atoms with Crippen LogP contribution in [-0.2, 0) is 0 Å². The number of carbonyl (C=O) groups is 1. The summed E-state index contributed by atoms with van der Waals surface area (Å²) in [5, 5.41) is 0. The third-order valence-corrected chi connectivity index (χ3v) is 3.62. The van der Waals surface area contributed by atoms with E-state index in [4.69, 9.17) is 4.42 Å². The Morgan fingerprint density at radius 3 is 3.06 bits per heavy atom. The fourth-order valence-electron chi connectivity index (χ4n) is 2.64. The number of ketones is 1. The zero-order chi connectivity index (χ0) is 12.1. The van der Waals surface area contributed by atoms with Crippen LogP contribution in [0.5, 0.6) is 0 Å². The molecule has 3 heteroatoms. The molecular weight excluding hydrogens is 214 g/mol. The van der Waals surface area contributed by atoms with E-state index in [-0.39, 0.29) is 5.78 Å². The standard InChI is InChI=1S/C14H21NO2/c1-2-15-9-5-3-4-7-12(15)11-13(16)14-8-6-10-17-14/h6,8,10,12H,2-5,7,9,11H2,1H3. The van der Waals surface area contributed by atoms with Crippen LogP contribution in [0.3, 0.4) is 0 Å². The first-order valence-corrected chi connectivity index (χ1v) is 6.62. The lowest BCUT2D eigenvalue weighted by atomic mass is 10.0. The lowest BCUT2D eigenvalue weighted by Crippen LogP contribution is -2.36. The molecule has 1 atom stereocenters. The van der Waals surface area contributed by atoms with Gasteiger partial charge in [0.25, 0.3) is 0 Å². The molecule has 1 aromatic rings. The minimum Gasteiger partial charge on any atom is -0.461 e. The number of rotatable bonds is 4. The molecule has 1 aromatic heterocycles. The quantitative estimate of drug-likeness (QED) is 0.752. The predicted molar refractivity (Wildman–Crippen MR) is 67.2 cm³/mol. The van der Waals surface area contributed by atoms with Crippen LogP contribution < -0.4 is 0 Å². The molecule has 2 heterocycles. The Hall–Kier alpha value is -1.09. The van der Waals surface area contributed by atoms with Crippen LogP contribution in [0.4, 0.5) is 0 Å². The van der Waals surface area contributed by atoms with E-state index in [0.717, 1.165) is 19.5 Å². The van der Waals surface area contributed by atoms with E-state index < -0.39 is 0 Å². The highest BCUT2D eigenvalue weighted by Crippen LogP contribution is 2.20. The second kappa shape index (κ2) is 6.01. The van der Waals surface area contributed by atoms with Crippen molar-refractivity contribution in [2.45, 2.75) is 45.1 Å². The average Bonchev–Trinajstić information content (AvgIpc) is 2.78. The van der Waals surface area contributed by atoms with E-state index in [1.54, 1.807) is 18.4 Å². The fourth-order valence-corrected chi connectivity index (χ4v) is 2.64. The lowest BCUT2D eigenvalue weighted by molar-refractivity contribution is 0.0895. The molecular formula is C14H21NO2. The molecule has 0 radical (unpaired) electrons. The Bertz CT molecular complexity index is 345. The van der Waals surface area contributed by atoms with Crippen LogP contribution in [0.1, 0.15) is 49.6 Å². The summed E-state index contributed by atoms with van der Waals surface area (Å²) in [4.78, 5) is 14.5. The van der Waals surface area contributed by atoms with Crippen LogP contribution in [-0.4, -0.2) is 29.8 Å². The molecule has 94 valence electrons. The zero-order valence-electron chi connectivity index (χ0n) is 10.5. The zero-order valence-corrected chi connectivity index (χ0v) is 10.5. The number of likely N-dealkylation sites (tertiary alicyclic amines) is 1. The van der Waals surface area contributed by atoms with E-state index in [2.05, 4.69) is 11.8 Å². The van der Waals surface area contributed by atoms with Gasteiger partial charge >= 0.3 is 0 Å². The maximum absolute atomic E-state index is 12.0. The number of hydrogen-bond acceptors (Lipinski definition) is 3. The van der Waals surface area contributed by atoms with Gasteiger partial charge in [0.05, 0.1) is 6.26 Å². The first-order valence-electron chi connectivity index (χ1n) is 6.62. The first kappa shape index (κ1) is 12.4. The van der Waals surface area contributed by atoms with Crippen molar-refractivity contribution < 1.29 is 9.21 Å². The molecule has 17 heavy (non-hydrogen) atoms. The summed E-state index contributed by atoms with van der Waals surface area (Å²) < 4.78 is 5.17. The third-order valence-electron chi connectivity index (χ3n) is 3.62. The predicted octanol–water partition coefficient (Wildman–Crippen LogP) is 3.12. The van der Waals surface area contributed by atoms with Crippen LogP contribution in [0, 0.1) is 0 Å². The summed E-state index contributed by atoms with van der Waals surface area (Å²) in [6.07, 6.45) is 7.10. The molecule has 0 saturated carbocycles. The van der Waals surface area contributed by atoms with Crippen LogP contribution in [0.15, 0.2) is 22.8 Å². The maximum Gasteiger partial charge on any atom is 0.199 e. The lowest BCUT2D eigenvalue weighted by Gasteiger charge is -2.27. The Morgan fingerprint density at radius 2 is 2.35 bits per heavy atom. The third kappa shape index (κ3) is 3.19. The normalized spacial score (nSPS) is 22.3. The minimum atomic E-state index is 0.139. The summed E-state index contributed by atoms with van der Waals surface area (Å²) in [6, 6.07) is 3.94. The second-order valence-electron chi connectivity index (χ2n) is 4.74. The second-order valence-corrected chi connectivity index (χ2v) is 4.74. The van der Waals surface area contributed by atoms with Crippen molar-refractivity contribution in [3.63, 3.8) is 0 Å². The van der Waals surface area contributed by atoms with Gasteiger partial charge in [0.2, 0.25) is 0 Å². The molecule has 0 aromatic carbocycles. The molecule has 3 nitrogen and oxygen atoms in total. The first-order chi connectivity index (χ1) is 8.31. The molecule has 1 fully saturated rings. The SMILES string of the molecule is CCN1CCCCCC1CC(=O)c1ccco1. The largest absolute Gasteiger partial charge is 0.461 e. The molecule has 1 saturated heterocycles. The molecule has 0 aliphatic carbocycles. The van der Waals surface area contributed by atoms with Gasteiger partial charge in [-0.3, -0.25) is 4.79 Å². The molecule has 0 amide bonds. The molecule has 1 aliphatic rings. The van der Waals surface area contributed by atoms with E-state index in [1.807, 2.05) is 0 Å². The Balaban J connectivity index is 1.97. The van der Waals surface area contributed by atoms with Crippen molar-refractivity contribution in [2.75, 3.05) is 13.1 Å². The van der Waals surface area contributed by atoms with Gasteiger partial charge in [0.1, 0.15) is 0 Å². The van der Waals surface area contributed by atoms with E-state index in [9.17, 15) is 4.79 Å². The minimum absolute atomic E-state index is 0.139. The molecule has 0 bridgehead atoms. The van der Waals surface area contributed by atoms with Crippen LogP contribution in [0.2, 0.25) is 0 Å². The van der Waals surface area contributed by atoms with Crippen LogP contribution in [0.25, 0.3) is 0 Å². The fraction of sp³-hybridized carbons (Fsp3) is 0.643. The van der Waals surface area contributed by atoms with Gasteiger partial charge in [-0.1, -0.05) is 19.8 Å². The number of nitrogens with zero attached hydrogens (tertiary/aromatic N) is 1. The monoisotopic (exact) mass is 235 g/mol. The van der Waals surface area contributed by atoms with Gasteiger partial charge in [-0.15, -0.1) is 0 Å². The average molecular weight is 235 g/mol. The molecule has 1 aliphatic heterocycles. The number of Topliss-reactive ketones (excluding diaryl/α,β-unsaturated/α-hetero) is 1. The van der Waals surface area contributed by atoms with Gasteiger partial charge in [-0.05, 0) is 38.1 Å². The number of furan rings is 1. The Labute approximate surface area is 103 Å². The van der Waals surface area contributed by atoms with E-state index in [0.29, 0.717) is 18.2 Å². The summed E-state index contributed by atoms with van der Waals surface area (Å²) in [5.74, 6) is 0.644. The van der Waals surface area contributed by atoms with Gasteiger partial charge in [0, 0.05) is 12.5 Å². The van der Waals surface area contributed by atoms with E-state index >= 15 is 0 Å². The Morgan fingerprint density at radius 1 is 1.47 bits per heavy atom. The topological polar surface area (TPSA) is 33.5 Å². The maximum atomic E-state index is 12.0. The summed E-state index contributed by atoms with van der Waals surface area (Å²) >= 11 is 0. The van der Waals surface area contributed by atoms with Gasteiger partial charge in [0.15, 0.2) is 11.5 Å². The van der Waals surface area contributed by atoms with Crippen molar-refractivity contribution in [3.05, 3.63) is 24.2 Å². The van der Waals surface area contributed by atoms with Crippen molar-refractivity contribution in [2.24, 2.45) is 0 Å². The number of hydrogen-bond donors (Lipinski definition) is 0. The van der Waals surface area contributed by atoms with Crippen molar-refractivity contribution in [1.82, 2.24) is 4.90 Å². The highest BCUT2D eigenvalue weighted by molar-refractivity contribution is 5.93. The highest BCUT2D eigenvalue weighted by atomic mass is 16.3. The van der Waals surface area contributed by atoms with Crippen LogP contribution >= 0.6 is 0 Å². The molecule has 0 N–H and O–H groups in total. The molecule has 1 unspecified atom stereocenters. The Kier molecular flexibility index (Phi) is 4.37. The van der Waals surface area contributed by atoms with Gasteiger partial charge in [-0.2, -0.15) is 0 Å². The number of carbonyl (C=O) groups excluding carboxylic acids is 1. The van der Waals surface area contributed by atoms with Crippen molar-refractivity contribution >= 4 is 5.78 Å². The smallest absolute Gasteiger partial charge is 0.199 e. The van der Waals surface area contributed by atoms with Crippen molar-refractivity contribution in [1.29, 1.82) is 0 Å². The van der Waals surface area contributed by atoms with E-state index in [1.165, 1.54) is 19.3 Å². The molecule has 0 spiro atoms. The van der Waals surface area contributed by atoms with Gasteiger partial charge < -0.3 is 9.32 Å². The van der Waals surface area contributed by atoms with Gasteiger partial charge in [-0.25, -0.2) is 0 Å². The summed E-state index contributed by atoms with van der Waals surface area (Å²) in [5.41, 5.74) is 0. The summed E-state index contributed by atoms with van der Waals surface area (Å²) in [7, 11) is 0.